The molecule has 0 aromatic carbocycles. The van der Waals surface area contributed by atoms with Crippen LogP contribution in [0.15, 0.2) is 0 Å². The number of nitriles is 2. The molecule has 1 rings (SSSR count). The molecule has 0 aliphatic carbocycles. The highest BCUT2D eigenvalue weighted by Crippen LogP contribution is 2.25. The van der Waals surface area contributed by atoms with E-state index in [0.717, 1.165) is 13.1 Å². The standard InChI is InChI=1S/C7H9N3.ClH/c8-5-7(6-9)1-3-10-4-2-7;/h10H,1-4H2;1H. The molecule has 1 fully saturated rings. The normalized spacial score (nSPS) is 20.5. The Morgan fingerprint density at radius 2 is 1.55 bits per heavy atom. The van der Waals surface area contributed by atoms with E-state index in [0.29, 0.717) is 12.8 Å². The Bertz CT molecular complexity index is 179. The summed E-state index contributed by atoms with van der Waals surface area (Å²) in [6.45, 7) is 1.59. The number of halogens is 1. The summed E-state index contributed by atoms with van der Waals surface area (Å²) < 4.78 is 0. The number of nitrogens with one attached hydrogen (secondary N) is 1. The van der Waals surface area contributed by atoms with E-state index in [9.17, 15) is 0 Å². The molecule has 4 heteroatoms. The zero-order valence-electron chi connectivity index (χ0n) is 6.13. The van der Waals surface area contributed by atoms with Crippen LogP contribution in [0.1, 0.15) is 12.8 Å². The van der Waals surface area contributed by atoms with E-state index in [1.165, 1.54) is 0 Å². The fourth-order valence-corrected chi connectivity index (χ4v) is 1.10. The predicted octanol–water partition coefficient (Wildman–Crippen LogP) is 0.825. The van der Waals surface area contributed by atoms with Crippen LogP contribution in [-0.2, 0) is 0 Å². The second-order valence-electron chi connectivity index (χ2n) is 2.56. The molecule has 0 unspecified atom stereocenters. The van der Waals surface area contributed by atoms with E-state index in [1.54, 1.807) is 0 Å². The van der Waals surface area contributed by atoms with Crippen molar-refractivity contribution in [3.05, 3.63) is 0 Å². The molecule has 1 saturated heterocycles. The van der Waals surface area contributed by atoms with Crippen molar-refractivity contribution in [2.24, 2.45) is 5.41 Å². The highest BCUT2D eigenvalue weighted by molar-refractivity contribution is 5.85. The molecule has 1 aliphatic heterocycles. The van der Waals surface area contributed by atoms with Crippen molar-refractivity contribution < 1.29 is 0 Å². The molecule has 3 nitrogen and oxygen atoms in total. The van der Waals surface area contributed by atoms with Crippen molar-refractivity contribution in [3.63, 3.8) is 0 Å². The van der Waals surface area contributed by atoms with Crippen molar-refractivity contribution in [1.29, 1.82) is 10.5 Å². The SMILES string of the molecule is Cl.N#CC1(C#N)CCNCC1. The summed E-state index contributed by atoms with van der Waals surface area (Å²) in [4.78, 5) is 0. The third kappa shape index (κ3) is 2.08. The number of hydrogen-bond acceptors (Lipinski definition) is 3. The van der Waals surface area contributed by atoms with Crippen LogP contribution in [0.3, 0.4) is 0 Å². The van der Waals surface area contributed by atoms with E-state index in [4.69, 9.17) is 10.5 Å². The quantitative estimate of drug-likeness (QED) is 0.587. The van der Waals surface area contributed by atoms with Crippen LogP contribution in [-0.4, -0.2) is 13.1 Å². The molecule has 11 heavy (non-hydrogen) atoms. The van der Waals surface area contributed by atoms with Gasteiger partial charge in [-0.2, -0.15) is 10.5 Å². The third-order valence-corrected chi connectivity index (χ3v) is 1.89. The second kappa shape index (κ2) is 4.18. The summed E-state index contributed by atoms with van der Waals surface area (Å²) in [5, 5.41) is 20.4. The number of nitrogens with zero attached hydrogens (tertiary/aromatic N) is 2. The van der Waals surface area contributed by atoms with Crippen LogP contribution in [0, 0.1) is 28.1 Å². The van der Waals surface area contributed by atoms with E-state index in [2.05, 4.69) is 17.5 Å². The minimum Gasteiger partial charge on any atom is -0.317 e. The Kier molecular flexibility index (Phi) is 3.89. The Morgan fingerprint density at radius 1 is 1.09 bits per heavy atom. The molecule has 0 aromatic heterocycles. The summed E-state index contributed by atoms with van der Waals surface area (Å²) in [5.74, 6) is 0. The van der Waals surface area contributed by atoms with Crippen LogP contribution >= 0.6 is 12.4 Å². The zero-order valence-corrected chi connectivity index (χ0v) is 6.95. The first-order valence-corrected chi connectivity index (χ1v) is 3.36. The van der Waals surface area contributed by atoms with Gasteiger partial charge in [0, 0.05) is 0 Å². The van der Waals surface area contributed by atoms with Gasteiger partial charge in [0.15, 0.2) is 0 Å². The molecule has 0 atom stereocenters. The lowest BCUT2D eigenvalue weighted by Crippen LogP contribution is -2.34. The molecule has 0 saturated carbocycles. The largest absolute Gasteiger partial charge is 0.317 e. The molecule has 0 bridgehead atoms. The van der Waals surface area contributed by atoms with Gasteiger partial charge >= 0.3 is 0 Å². The first kappa shape index (κ1) is 10.2. The molecule has 60 valence electrons. The van der Waals surface area contributed by atoms with Crippen molar-refractivity contribution in [2.75, 3.05) is 13.1 Å². The number of rotatable bonds is 0. The molecule has 0 amide bonds. The van der Waals surface area contributed by atoms with E-state index < -0.39 is 5.41 Å². The van der Waals surface area contributed by atoms with Crippen LogP contribution in [0.25, 0.3) is 0 Å². The maximum Gasteiger partial charge on any atom is 0.146 e. The summed E-state index contributed by atoms with van der Waals surface area (Å²) in [6, 6.07) is 4.13. The van der Waals surface area contributed by atoms with Crippen molar-refractivity contribution >= 4 is 12.4 Å². The summed E-state index contributed by atoms with van der Waals surface area (Å²) >= 11 is 0. The van der Waals surface area contributed by atoms with Crippen LogP contribution in [0.2, 0.25) is 0 Å². The molecular formula is C7H10ClN3. The highest BCUT2D eigenvalue weighted by atomic mass is 35.5. The van der Waals surface area contributed by atoms with Crippen molar-refractivity contribution in [3.8, 4) is 12.1 Å². The van der Waals surface area contributed by atoms with Crippen molar-refractivity contribution in [1.82, 2.24) is 5.32 Å². The Labute approximate surface area is 72.4 Å². The summed E-state index contributed by atoms with van der Waals surface area (Å²) in [5.41, 5.74) is -0.689. The lowest BCUT2D eigenvalue weighted by molar-refractivity contribution is 0.362. The minimum atomic E-state index is -0.689. The number of piperidine rings is 1. The predicted molar refractivity (Wildman–Crippen MR) is 43.0 cm³/mol. The minimum absolute atomic E-state index is 0. The van der Waals surface area contributed by atoms with Gasteiger partial charge < -0.3 is 5.32 Å². The Balaban J connectivity index is 0.000001000. The van der Waals surface area contributed by atoms with E-state index >= 15 is 0 Å². The van der Waals surface area contributed by atoms with E-state index in [-0.39, 0.29) is 12.4 Å². The van der Waals surface area contributed by atoms with Gasteiger partial charge in [0.1, 0.15) is 5.41 Å². The average molecular weight is 172 g/mol. The maximum absolute atomic E-state index is 8.64. The molecule has 0 radical (unpaired) electrons. The van der Waals surface area contributed by atoms with Gasteiger partial charge in [-0.25, -0.2) is 0 Å². The monoisotopic (exact) mass is 171 g/mol. The Morgan fingerprint density at radius 3 is 1.82 bits per heavy atom. The second-order valence-corrected chi connectivity index (χ2v) is 2.56. The molecule has 1 N–H and O–H groups in total. The van der Waals surface area contributed by atoms with Gasteiger partial charge in [-0.3, -0.25) is 0 Å². The van der Waals surface area contributed by atoms with Gasteiger partial charge in [-0.1, -0.05) is 0 Å². The molecular weight excluding hydrogens is 162 g/mol. The van der Waals surface area contributed by atoms with Crippen LogP contribution in [0.4, 0.5) is 0 Å². The highest BCUT2D eigenvalue weighted by Gasteiger charge is 2.31. The van der Waals surface area contributed by atoms with Gasteiger partial charge in [0.25, 0.3) is 0 Å². The summed E-state index contributed by atoms with van der Waals surface area (Å²) in [6.07, 6.45) is 1.33. The first-order valence-electron chi connectivity index (χ1n) is 3.36. The van der Waals surface area contributed by atoms with E-state index in [1.807, 2.05) is 0 Å². The topological polar surface area (TPSA) is 59.6 Å². The van der Waals surface area contributed by atoms with Gasteiger partial charge in [0.2, 0.25) is 0 Å². The zero-order chi connectivity index (χ0) is 7.45. The molecule has 1 aliphatic rings. The smallest absolute Gasteiger partial charge is 0.146 e. The lowest BCUT2D eigenvalue weighted by Gasteiger charge is -2.23. The van der Waals surface area contributed by atoms with Gasteiger partial charge in [-0.15, -0.1) is 12.4 Å². The number of hydrogen-bond donors (Lipinski definition) is 1. The molecule has 0 aromatic rings. The van der Waals surface area contributed by atoms with Gasteiger partial charge in [0.05, 0.1) is 12.1 Å². The van der Waals surface area contributed by atoms with Crippen LogP contribution < -0.4 is 5.32 Å². The summed E-state index contributed by atoms with van der Waals surface area (Å²) in [7, 11) is 0. The average Bonchev–Trinajstić information content (AvgIpc) is 2.06. The lowest BCUT2D eigenvalue weighted by atomic mass is 9.82. The molecule has 0 spiro atoms. The fraction of sp³-hybridized carbons (Fsp3) is 0.714. The molecule has 1 heterocycles. The maximum atomic E-state index is 8.64. The van der Waals surface area contributed by atoms with Crippen molar-refractivity contribution in [2.45, 2.75) is 12.8 Å². The van der Waals surface area contributed by atoms with Crippen LogP contribution in [0.5, 0.6) is 0 Å². The first-order chi connectivity index (χ1) is 4.83. The fourth-order valence-electron chi connectivity index (χ4n) is 1.10. The Hall–Kier alpha value is -0.770. The third-order valence-electron chi connectivity index (χ3n) is 1.89. The van der Waals surface area contributed by atoms with Gasteiger partial charge in [-0.05, 0) is 25.9 Å².